The molecule has 0 radical (unpaired) electrons. The molecule has 0 aliphatic rings. The molecule has 1 aromatic carbocycles. The zero-order chi connectivity index (χ0) is 15.2. The van der Waals surface area contributed by atoms with E-state index in [9.17, 15) is 4.39 Å². The fraction of sp³-hybridized carbons (Fsp3) is 0.438. The Hall–Kier alpha value is -1.39. The minimum Gasteiger partial charge on any atom is -0.314 e. The third-order valence-corrected chi connectivity index (χ3v) is 3.78. The van der Waals surface area contributed by atoms with Crippen LogP contribution >= 0.6 is 11.6 Å². The van der Waals surface area contributed by atoms with E-state index in [1.54, 1.807) is 18.2 Å². The van der Waals surface area contributed by atoms with Gasteiger partial charge in [0.1, 0.15) is 5.82 Å². The largest absolute Gasteiger partial charge is 0.314 e. The summed E-state index contributed by atoms with van der Waals surface area (Å²) in [6, 6.07) is 5.32. The third kappa shape index (κ3) is 4.29. The van der Waals surface area contributed by atoms with Crippen molar-refractivity contribution >= 4 is 11.6 Å². The van der Waals surface area contributed by atoms with Crippen LogP contribution in [0.25, 0.3) is 0 Å². The number of aryl methyl sites for hydroxylation is 1. The van der Waals surface area contributed by atoms with E-state index < -0.39 is 0 Å². The molecule has 0 aliphatic heterocycles. The van der Waals surface area contributed by atoms with Crippen molar-refractivity contribution in [2.24, 2.45) is 0 Å². The van der Waals surface area contributed by atoms with Crippen LogP contribution in [0.15, 0.2) is 30.6 Å². The Morgan fingerprint density at radius 3 is 2.81 bits per heavy atom. The molecule has 2 rings (SSSR count). The van der Waals surface area contributed by atoms with Crippen LogP contribution in [0.1, 0.15) is 25.0 Å². The van der Waals surface area contributed by atoms with E-state index in [-0.39, 0.29) is 16.9 Å². The first-order valence-corrected chi connectivity index (χ1v) is 7.69. The molecule has 1 unspecified atom stereocenters. The predicted octanol–water partition coefficient (Wildman–Crippen LogP) is 3.46. The van der Waals surface area contributed by atoms with Crippen molar-refractivity contribution in [3.63, 3.8) is 0 Å². The molecule has 3 nitrogen and oxygen atoms in total. The number of halogens is 2. The van der Waals surface area contributed by atoms with Crippen molar-refractivity contribution in [3.05, 3.63) is 52.6 Å². The molecule has 0 bridgehead atoms. The molecular formula is C16H21ClFN3. The molecule has 1 N–H and O–H groups in total. The molecule has 1 aromatic heterocycles. The van der Waals surface area contributed by atoms with Crippen LogP contribution in [0.5, 0.6) is 0 Å². The van der Waals surface area contributed by atoms with Gasteiger partial charge >= 0.3 is 0 Å². The number of nitrogens with one attached hydrogen (secondary N) is 1. The van der Waals surface area contributed by atoms with E-state index in [1.807, 2.05) is 17.1 Å². The number of aromatic nitrogens is 2. The minimum atomic E-state index is -0.314. The summed E-state index contributed by atoms with van der Waals surface area (Å²) in [5.74, 6) is -0.314. The van der Waals surface area contributed by atoms with Crippen LogP contribution in [0.3, 0.4) is 0 Å². The molecule has 5 heteroatoms. The minimum absolute atomic E-state index is 0.164. The van der Waals surface area contributed by atoms with Gasteiger partial charge in [-0.3, -0.25) is 4.68 Å². The quantitative estimate of drug-likeness (QED) is 0.849. The van der Waals surface area contributed by atoms with Gasteiger partial charge in [0.05, 0.1) is 11.2 Å². The average molecular weight is 310 g/mol. The van der Waals surface area contributed by atoms with Crippen LogP contribution in [-0.2, 0) is 19.4 Å². The van der Waals surface area contributed by atoms with Gasteiger partial charge < -0.3 is 5.32 Å². The second-order valence-corrected chi connectivity index (χ2v) is 5.49. The smallest absolute Gasteiger partial charge is 0.145 e. The monoisotopic (exact) mass is 309 g/mol. The van der Waals surface area contributed by atoms with E-state index in [0.29, 0.717) is 12.0 Å². The SMILES string of the molecule is CCNC(Cc1cnn(CC)c1)Cc1cccc(Cl)c1F. The predicted molar refractivity (Wildman–Crippen MR) is 84.2 cm³/mol. The first-order chi connectivity index (χ1) is 10.1. The van der Waals surface area contributed by atoms with Crippen molar-refractivity contribution in [1.82, 2.24) is 15.1 Å². The van der Waals surface area contributed by atoms with E-state index in [1.165, 1.54) is 0 Å². The Morgan fingerprint density at radius 1 is 1.33 bits per heavy atom. The molecule has 1 atom stereocenters. The number of likely N-dealkylation sites (N-methyl/N-ethyl adjacent to an activating group) is 1. The molecule has 0 aliphatic carbocycles. The first-order valence-electron chi connectivity index (χ1n) is 7.31. The summed E-state index contributed by atoms with van der Waals surface area (Å²) in [5.41, 5.74) is 1.81. The van der Waals surface area contributed by atoms with Gasteiger partial charge in [0.25, 0.3) is 0 Å². The van der Waals surface area contributed by atoms with Crippen LogP contribution in [-0.4, -0.2) is 22.4 Å². The topological polar surface area (TPSA) is 29.9 Å². The van der Waals surface area contributed by atoms with Crippen LogP contribution in [0.2, 0.25) is 5.02 Å². The fourth-order valence-corrected chi connectivity index (χ4v) is 2.64. The lowest BCUT2D eigenvalue weighted by Gasteiger charge is -2.18. The Bertz CT molecular complexity index is 583. The normalized spacial score (nSPS) is 12.6. The van der Waals surface area contributed by atoms with Gasteiger partial charge in [-0.1, -0.05) is 30.7 Å². The summed E-state index contributed by atoms with van der Waals surface area (Å²) >= 11 is 5.85. The summed E-state index contributed by atoms with van der Waals surface area (Å²) in [4.78, 5) is 0. The molecule has 0 spiro atoms. The summed E-state index contributed by atoms with van der Waals surface area (Å²) < 4.78 is 15.9. The molecule has 114 valence electrons. The maximum absolute atomic E-state index is 14.0. The highest BCUT2D eigenvalue weighted by Gasteiger charge is 2.14. The van der Waals surface area contributed by atoms with Crippen molar-refractivity contribution in [1.29, 1.82) is 0 Å². The summed E-state index contributed by atoms with van der Waals surface area (Å²) in [5, 5.41) is 7.87. The molecule has 0 saturated carbocycles. The maximum Gasteiger partial charge on any atom is 0.145 e. The van der Waals surface area contributed by atoms with E-state index in [2.05, 4.69) is 24.3 Å². The van der Waals surface area contributed by atoms with Gasteiger partial charge in [0, 0.05) is 18.8 Å². The second kappa shape index (κ2) is 7.57. The van der Waals surface area contributed by atoms with Crippen molar-refractivity contribution in [2.45, 2.75) is 39.3 Å². The molecule has 0 amide bonds. The first kappa shape index (κ1) is 16.0. The number of nitrogens with zero attached hydrogens (tertiary/aromatic N) is 2. The van der Waals surface area contributed by atoms with Gasteiger partial charge in [-0.15, -0.1) is 0 Å². The molecular weight excluding hydrogens is 289 g/mol. The van der Waals surface area contributed by atoms with E-state index in [4.69, 9.17) is 11.6 Å². The van der Waals surface area contributed by atoms with Crippen molar-refractivity contribution in [3.8, 4) is 0 Å². The lowest BCUT2D eigenvalue weighted by Crippen LogP contribution is -2.33. The number of rotatable bonds is 7. The van der Waals surface area contributed by atoms with Gasteiger partial charge in [-0.05, 0) is 43.5 Å². The van der Waals surface area contributed by atoms with E-state index in [0.717, 1.165) is 25.1 Å². The second-order valence-electron chi connectivity index (χ2n) is 5.08. The van der Waals surface area contributed by atoms with Crippen LogP contribution in [0.4, 0.5) is 4.39 Å². The Balaban J connectivity index is 2.09. The highest BCUT2D eigenvalue weighted by molar-refractivity contribution is 6.30. The Kier molecular flexibility index (Phi) is 5.76. The summed E-state index contributed by atoms with van der Waals surface area (Å²) in [7, 11) is 0. The Labute approximate surface area is 130 Å². The molecule has 1 heterocycles. The number of hydrogen-bond acceptors (Lipinski definition) is 2. The summed E-state index contributed by atoms with van der Waals surface area (Å²) in [6.45, 7) is 5.81. The van der Waals surface area contributed by atoms with Gasteiger partial charge in [0.2, 0.25) is 0 Å². The van der Waals surface area contributed by atoms with Crippen molar-refractivity contribution < 1.29 is 4.39 Å². The lowest BCUT2D eigenvalue weighted by molar-refractivity contribution is 0.505. The standard InChI is InChI=1S/C16H21ClFN3/c1-3-19-14(8-12-10-20-21(4-2)11-12)9-13-6-5-7-15(17)16(13)18/h5-7,10-11,14,19H,3-4,8-9H2,1-2H3. The van der Waals surface area contributed by atoms with E-state index >= 15 is 0 Å². The average Bonchev–Trinajstić information content (AvgIpc) is 2.92. The van der Waals surface area contributed by atoms with Crippen molar-refractivity contribution in [2.75, 3.05) is 6.54 Å². The lowest BCUT2D eigenvalue weighted by atomic mass is 10.00. The highest BCUT2D eigenvalue weighted by Crippen LogP contribution is 2.20. The highest BCUT2D eigenvalue weighted by atomic mass is 35.5. The molecule has 21 heavy (non-hydrogen) atoms. The zero-order valence-electron chi connectivity index (χ0n) is 12.4. The number of hydrogen-bond donors (Lipinski definition) is 1. The maximum atomic E-state index is 14.0. The third-order valence-electron chi connectivity index (χ3n) is 3.48. The fourth-order valence-electron chi connectivity index (χ4n) is 2.45. The molecule has 0 saturated heterocycles. The van der Waals surface area contributed by atoms with Gasteiger partial charge in [-0.25, -0.2) is 4.39 Å². The zero-order valence-corrected chi connectivity index (χ0v) is 13.2. The molecule has 2 aromatic rings. The van der Waals surface area contributed by atoms with Gasteiger partial charge in [-0.2, -0.15) is 5.10 Å². The number of benzene rings is 1. The van der Waals surface area contributed by atoms with Crippen LogP contribution in [0, 0.1) is 5.82 Å². The molecule has 0 fully saturated rings. The Morgan fingerprint density at radius 2 is 2.14 bits per heavy atom. The van der Waals surface area contributed by atoms with Gasteiger partial charge in [0.15, 0.2) is 0 Å². The summed E-state index contributed by atoms with van der Waals surface area (Å²) in [6.07, 6.45) is 5.35. The van der Waals surface area contributed by atoms with Crippen LogP contribution < -0.4 is 5.32 Å².